The maximum atomic E-state index is 12.7. The lowest BCUT2D eigenvalue weighted by Crippen LogP contribution is -1.91. The molecular formula is C16H17FN2S. The number of nitrogens with one attached hydrogen (secondary N) is 1. The van der Waals surface area contributed by atoms with Crippen LogP contribution < -0.4 is 5.43 Å². The van der Waals surface area contributed by atoms with E-state index in [2.05, 4.69) is 36.5 Å². The van der Waals surface area contributed by atoms with Crippen molar-refractivity contribution in [3.05, 3.63) is 59.9 Å². The van der Waals surface area contributed by atoms with Crippen LogP contribution in [-0.4, -0.2) is 11.5 Å². The fraction of sp³-hybridized carbons (Fsp3) is 0.188. The molecule has 2 aromatic rings. The highest BCUT2D eigenvalue weighted by atomic mass is 32.2. The Morgan fingerprint density at radius 1 is 1.05 bits per heavy atom. The number of benzene rings is 2. The fourth-order valence-electron chi connectivity index (χ4n) is 1.61. The Morgan fingerprint density at radius 2 is 1.70 bits per heavy atom. The first-order valence-electron chi connectivity index (χ1n) is 6.45. The van der Waals surface area contributed by atoms with Gasteiger partial charge in [0.25, 0.3) is 0 Å². The normalized spacial score (nSPS) is 11.2. The number of hydrazone groups is 1. The van der Waals surface area contributed by atoms with E-state index in [1.165, 1.54) is 17.0 Å². The van der Waals surface area contributed by atoms with Gasteiger partial charge < -0.3 is 0 Å². The molecule has 0 heterocycles. The molecule has 20 heavy (non-hydrogen) atoms. The fourth-order valence-corrected chi connectivity index (χ4v) is 2.45. The van der Waals surface area contributed by atoms with Gasteiger partial charge in [-0.25, -0.2) is 4.39 Å². The van der Waals surface area contributed by atoms with E-state index in [4.69, 9.17) is 0 Å². The highest BCUT2D eigenvalue weighted by Crippen LogP contribution is 2.22. The van der Waals surface area contributed by atoms with E-state index in [1.807, 2.05) is 23.9 Å². The predicted octanol–water partition coefficient (Wildman–Crippen LogP) is 4.77. The van der Waals surface area contributed by atoms with Gasteiger partial charge in [-0.2, -0.15) is 5.10 Å². The topological polar surface area (TPSA) is 24.4 Å². The van der Waals surface area contributed by atoms with Crippen molar-refractivity contribution in [3.63, 3.8) is 0 Å². The molecule has 0 aromatic heterocycles. The molecule has 0 bridgehead atoms. The van der Waals surface area contributed by atoms with E-state index in [0.717, 1.165) is 11.3 Å². The summed E-state index contributed by atoms with van der Waals surface area (Å²) >= 11 is 1.83. The van der Waals surface area contributed by atoms with Crippen LogP contribution in [0.2, 0.25) is 0 Å². The monoisotopic (exact) mass is 288 g/mol. The summed E-state index contributed by atoms with van der Waals surface area (Å²) in [6.07, 6.45) is 1.74. The molecule has 0 radical (unpaired) electrons. The van der Waals surface area contributed by atoms with Crippen molar-refractivity contribution in [2.45, 2.75) is 24.0 Å². The van der Waals surface area contributed by atoms with Gasteiger partial charge in [-0.3, -0.25) is 5.43 Å². The molecular weight excluding hydrogens is 271 g/mol. The van der Waals surface area contributed by atoms with Gasteiger partial charge in [0, 0.05) is 10.1 Å². The molecule has 0 saturated carbocycles. The number of anilines is 1. The number of halogens is 1. The second-order valence-electron chi connectivity index (χ2n) is 4.61. The van der Waals surface area contributed by atoms with Gasteiger partial charge in [-0.1, -0.05) is 26.0 Å². The maximum Gasteiger partial charge on any atom is 0.123 e. The Morgan fingerprint density at radius 3 is 2.30 bits per heavy atom. The molecule has 1 N–H and O–H groups in total. The maximum absolute atomic E-state index is 12.7. The molecule has 0 amide bonds. The van der Waals surface area contributed by atoms with E-state index in [0.29, 0.717) is 5.25 Å². The van der Waals surface area contributed by atoms with Crippen LogP contribution in [0, 0.1) is 5.82 Å². The standard InChI is InChI=1S/C16H17FN2S/c1-12(2)20-16-9-3-13(4-10-16)11-18-19-15-7-5-14(17)6-8-15/h3-12,19H,1-2H3. The average molecular weight is 288 g/mol. The summed E-state index contributed by atoms with van der Waals surface area (Å²) in [6.45, 7) is 4.35. The van der Waals surface area contributed by atoms with Crippen molar-refractivity contribution in [2.75, 3.05) is 5.43 Å². The zero-order valence-corrected chi connectivity index (χ0v) is 12.3. The first-order chi connectivity index (χ1) is 9.63. The van der Waals surface area contributed by atoms with Crippen molar-refractivity contribution >= 4 is 23.7 Å². The van der Waals surface area contributed by atoms with E-state index < -0.39 is 0 Å². The molecule has 0 aliphatic carbocycles. The summed E-state index contributed by atoms with van der Waals surface area (Å²) < 4.78 is 12.7. The average Bonchev–Trinajstić information content (AvgIpc) is 2.42. The van der Waals surface area contributed by atoms with Gasteiger partial charge in [0.05, 0.1) is 11.9 Å². The minimum Gasteiger partial charge on any atom is -0.279 e. The Balaban J connectivity index is 1.92. The molecule has 0 spiro atoms. The van der Waals surface area contributed by atoms with E-state index in [9.17, 15) is 4.39 Å². The Labute approximate surface area is 123 Å². The number of rotatable bonds is 5. The molecule has 0 unspecified atom stereocenters. The van der Waals surface area contributed by atoms with E-state index >= 15 is 0 Å². The van der Waals surface area contributed by atoms with Crippen LogP contribution in [0.1, 0.15) is 19.4 Å². The predicted molar refractivity (Wildman–Crippen MR) is 85.1 cm³/mol. The molecule has 0 aliphatic heterocycles. The van der Waals surface area contributed by atoms with Crippen LogP contribution in [0.3, 0.4) is 0 Å². The van der Waals surface area contributed by atoms with Crippen LogP contribution in [-0.2, 0) is 0 Å². The zero-order chi connectivity index (χ0) is 14.4. The van der Waals surface area contributed by atoms with E-state index in [1.54, 1.807) is 18.3 Å². The van der Waals surface area contributed by atoms with Gasteiger partial charge in [-0.15, -0.1) is 11.8 Å². The molecule has 2 nitrogen and oxygen atoms in total. The van der Waals surface area contributed by atoms with Crippen molar-refractivity contribution in [2.24, 2.45) is 5.10 Å². The number of hydrogen-bond acceptors (Lipinski definition) is 3. The number of hydrogen-bond donors (Lipinski definition) is 1. The quantitative estimate of drug-likeness (QED) is 0.487. The molecule has 0 fully saturated rings. The second-order valence-corrected chi connectivity index (χ2v) is 6.26. The Hall–Kier alpha value is -1.81. The van der Waals surface area contributed by atoms with E-state index in [-0.39, 0.29) is 5.82 Å². The third-order valence-corrected chi connectivity index (χ3v) is 3.52. The number of thioether (sulfide) groups is 1. The van der Waals surface area contributed by atoms with Gasteiger partial charge in [0.1, 0.15) is 5.82 Å². The van der Waals surface area contributed by atoms with Crippen molar-refractivity contribution in [1.29, 1.82) is 0 Å². The minimum atomic E-state index is -0.252. The molecule has 4 heteroatoms. The smallest absolute Gasteiger partial charge is 0.123 e. The van der Waals surface area contributed by atoms with Gasteiger partial charge in [-0.05, 0) is 42.0 Å². The van der Waals surface area contributed by atoms with Crippen LogP contribution in [0.4, 0.5) is 10.1 Å². The summed E-state index contributed by atoms with van der Waals surface area (Å²) in [6, 6.07) is 14.3. The lowest BCUT2D eigenvalue weighted by atomic mass is 10.2. The molecule has 2 rings (SSSR count). The lowest BCUT2D eigenvalue weighted by molar-refractivity contribution is 0.628. The third kappa shape index (κ3) is 4.70. The summed E-state index contributed by atoms with van der Waals surface area (Å²) in [5.41, 5.74) is 4.64. The molecule has 0 saturated heterocycles. The molecule has 0 aliphatic rings. The molecule has 104 valence electrons. The van der Waals surface area contributed by atoms with Gasteiger partial charge in [0.15, 0.2) is 0 Å². The minimum absolute atomic E-state index is 0.252. The lowest BCUT2D eigenvalue weighted by Gasteiger charge is -2.04. The van der Waals surface area contributed by atoms with Crippen molar-refractivity contribution in [1.82, 2.24) is 0 Å². The molecule has 0 atom stereocenters. The van der Waals surface area contributed by atoms with Gasteiger partial charge in [0.2, 0.25) is 0 Å². The van der Waals surface area contributed by atoms with Crippen LogP contribution in [0.25, 0.3) is 0 Å². The highest BCUT2D eigenvalue weighted by Gasteiger charge is 1.97. The molecule has 2 aromatic carbocycles. The van der Waals surface area contributed by atoms with Crippen LogP contribution in [0.5, 0.6) is 0 Å². The van der Waals surface area contributed by atoms with Crippen LogP contribution >= 0.6 is 11.8 Å². The van der Waals surface area contributed by atoms with Crippen LogP contribution in [0.15, 0.2) is 58.5 Å². The van der Waals surface area contributed by atoms with Crippen molar-refractivity contribution in [3.8, 4) is 0 Å². The first-order valence-corrected chi connectivity index (χ1v) is 7.33. The largest absolute Gasteiger partial charge is 0.279 e. The summed E-state index contributed by atoms with van der Waals surface area (Å²) in [5, 5.41) is 4.71. The summed E-state index contributed by atoms with van der Waals surface area (Å²) in [4.78, 5) is 1.25. The van der Waals surface area contributed by atoms with Crippen molar-refractivity contribution < 1.29 is 4.39 Å². The Kier molecular flexibility index (Phi) is 5.18. The zero-order valence-electron chi connectivity index (χ0n) is 11.5. The summed E-state index contributed by atoms with van der Waals surface area (Å²) in [5.74, 6) is -0.252. The second kappa shape index (κ2) is 7.10. The van der Waals surface area contributed by atoms with Gasteiger partial charge >= 0.3 is 0 Å². The highest BCUT2D eigenvalue weighted by molar-refractivity contribution is 7.99. The number of nitrogens with zero attached hydrogens (tertiary/aromatic N) is 1. The Bertz CT molecular complexity index is 562. The first kappa shape index (κ1) is 14.6. The SMILES string of the molecule is CC(C)Sc1ccc(C=NNc2ccc(F)cc2)cc1. The third-order valence-electron chi connectivity index (χ3n) is 2.50. The summed E-state index contributed by atoms with van der Waals surface area (Å²) in [7, 11) is 0.